The largest absolute Gasteiger partial charge is 0.272 e. The maximum Gasteiger partial charge on any atom is 0.211 e. The van der Waals surface area contributed by atoms with Crippen LogP contribution in [0.5, 0.6) is 0 Å². The van der Waals surface area contributed by atoms with E-state index >= 15 is 0 Å². The molecule has 0 aliphatic carbocycles. The van der Waals surface area contributed by atoms with Gasteiger partial charge in [0.1, 0.15) is 0 Å². The standard InChI is InChI=1S/C17H25N3O2S/c1-14-17(15(2)20(3)19-14)11-12-18-23(21,22)13-7-10-16-8-5-4-6-9-16/h4-6,8-9,18H,7,10-13H2,1-3H3. The molecule has 23 heavy (non-hydrogen) atoms. The van der Waals surface area contributed by atoms with Gasteiger partial charge in [0, 0.05) is 19.3 Å². The predicted octanol–water partition coefficient (Wildman–Crippen LogP) is 2.13. The molecule has 0 spiro atoms. The molecule has 0 radical (unpaired) electrons. The Kier molecular flexibility index (Phi) is 5.96. The van der Waals surface area contributed by atoms with Crippen molar-refractivity contribution in [1.82, 2.24) is 14.5 Å². The minimum absolute atomic E-state index is 0.160. The smallest absolute Gasteiger partial charge is 0.211 e. The molecule has 0 saturated heterocycles. The lowest BCUT2D eigenvalue weighted by atomic mass is 10.1. The molecule has 5 nitrogen and oxygen atoms in total. The number of nitrogens with one attached hydrogen (secondary N) is 1. The van der Waals surface area contributed by atoms with Crippen LogP contribution in [0, 0.1) is 13.8 Å². The summed E-state index contributed by atoms with van der Waals surface area (Å²) >= 11 is 0. The van der Waals surface area contributed by atoms with Crippen molar-refractivity contribution in [3.8, 4) is 0 Å². The van der Waals surface area contributed by atoms with Crippen molar-refractivity contribution >= 4 is 10.0 Å². The Labute approximate surface area is 138 Å². The monoisotopic (exact) mass is 335 g/mol. The van der Waals surface area contributed by atoms with Crippen molar-refractivity contribution in [2.45, 2.75) is 33.1 Å². The molecule has 1 aromatic heterocycles. The van der Waals surface area contributed by atoms with E-state index in [1.54, 1.807) is 0 Å². The number of benzene rings is 1. The van der Waals surface area contributed by atoms with E-state index in [4.69, 9.17) is 0 Å². The lowest BCUT2D eigenvalue weighted by molar-refractivity contribution is 0.578. The van der Waals surface area contributed by atoms with Crippen LogP contribution in [0.3, 0.4) is 0 Å². The maximum absolute atomic E-state index is 12.1. The Balaban J connectivity index is 1.78. The molecule has 126 valence electrons. The van der Waals surface area contributed by atoms with Gasteiger partial charge in [-0.1, -0.05) is 30.3 Å². The molecule has 0 aliphatic rings. The summed E-state index contributed by atoms with van der Waals surface area (Å²) in [6.07, 6.45) is 2.08. The molecule has 0 saturated carbocycles. The van der Waals surface area contributed by atoms with Gasteiger partial charge in [-0.15, -0.1) is 0 Å². The second-order valence-electron chi connectivity index (χ2n) is 5.83. The topological polar surface area (TPSA) is 64.0 Å². The molecule has 1 heterocycles. The SMILES string of the molecule is Cc1nn(C)c(C)c1CCNS(=O)(=O)CCCc1ccccc1. The maximum atomic E-state index is 12.1. The van der Waals surface area contributed by atoms with Crippen LogP contribution in [0.4, 0.5) is 0 Å². The van der Waals surface area contributed by atoms with Gasteiger partial charge >= 0.3 is 0 Å². The van der Waals surface area contributed by atoms with Gasteiger partial charge in [-0.3, -0.25) is 4.68 Å². The molecule has 6 heteroatoms. The first-order valence-corrected chi connectivity index (χ1v) is 9.54. The minimum atomic E-state index is -3.22. The van der Waals surface area contributed by atoms with Crippen molar-refractivity contribution in [1.29, 1.82) is 0 Å². The molecule has 0 amide bonds. The Hall–Kier alpha value is -1.66. The number of rotatable bonds is 8. The van der Waals surface area contributed by atoms with Gasteiger partial charge in [0.25, 0.3) is 0 Å². The van der Waals surface area contributed by atoms with Crippen molar-refractivity contribution < 1.29 is 8.42 Å². The third kappa shape index (κ3) is 5.18. The molecule has 2 rings (SSSR count). The highest BCUT2D eigenvalue weighted by atomic mass is 32.2. The van der Waals surface area contributed by atoms with Gasteiger partial charge in [-0.25, -0.2) is 13.1 Å². The van der Waals surface area contributed by atoms with Crippen LogP contribution < -0.4 is 4.72 Å². The average molecular weight is 335 g/mol. The van der Waals surface area contributed by atoms with Crippen molar-refractivity contribution in [3.05, 3.63) is 52.8 Å². The molecule has 0 unspecified atom stereocenters. The highest BCUT2D eigenvalue weighted by Gasteiger charge is 2.12. The number of hydrogen-bond donors (Lipinski definition) is 1. The van der Waals surface area contributed by atoms with Gasteiger partial charge in [0.05, 0.1) is 11.4 Å². The van der Waals surface area contributed by atoms with E-state index in [1.165, 1.54) is 5.56 Å². The summed E-state index contributed by atoms with van der Waals surface area (Å²) in [5, 5.41) is 4.35. The third-order valence-corrected chi connectivity index (χ3v) is 5.55. The quantitative estimate of drug-likeness (QED) is 0.804. The summed E-state index contributed by atoms with van der Waals surface area (Å²) in [4.78, 5) is 0. The first-order valence-electron chi connectivity index (χ1n) is 7.89. The van der Waals surface area contributed by atoms with Crippen LogP contribution in [0.2, 0.25) is 0 Å². The van der Waals surface area contributed by atoms with Gasteiger partial charge in [-0.2, -0.15) is 5.10 Å². The Morgan fingerprint density at radius 2 is 1.83 bits per heavy atom. The van der Waals surface area contributed by atoms with Crippen LogP contribution in [-0.4, -0.2) is 30.5 Å². The number of aromatic nitrogens is 2. The summed E-state index contributed by atoms with van der Waals surface area (Å²) in [5.74, 6) is 0.160. The predicted molar refractivity (Wildman–Crippen MR) is 92.9 cm³/mol. The lowest BCUT2D eigenvalue weighted by Crippen LogP contribution is -2.28. The van der Waals surface area contributed by atoms with Gasteiger partial charge in [0.2, 0.25) is 10.0 Å². The van der Waals surface area contributed by atoms with E-state index < -0.39 is 10.0 Å². The number of aryl methyl sites for hydroxylation is 3. The molecule has 0 atom stereocenters. The van der Waals surface area contributed by atoms with Crippen LogP contribution in [0.15, 0.2) is 30.3 Å². The van der Waals surface area contributed by atoms with Crippen molar-refractivity contribution in [2.24, 2.45) is 7.05 Å². The van der Waals surface area contributed by atoms with E-state index in [0.29, 0.717) is 19.4 Å². The number of nitrogens with zero attached hydrogens (tertiary/aromatic N) is 2. The highest BCUT2D eigenvalue weighted by molar-refractivity contribution is 7.89. The van der Waals surface area contributed by atoms with E-state index in [1.807, 2.05) is 55.9 Å². The highest BCUT2D eigenvalue weighted by Crippen LogP contribution is 2.12. The van der Waals surface area contributed by atoms with Gasteiger partial charge < -0.3 is 0 Å². The third-order valence-electron chi connectivity index (χ3n) is 4.08. The van der Waals surface area contributed by atoms with Crippen LogP contribution in [-0.2, 0) is 29.9 Å². The fraction of sp³-hybridized carbons (Fsp3) is 0.471. The molecule has 1 N–H and O–H groups in total. The van der Waals surface area contributed by atoms with Crippen LogP contribution >= 0.6 is 0 Å². The first kappa shape index (κ1) is 17.7. The van der Waals surface area contributed by atoms with Crippen molar-refractivity contribution in [2.75, 3.05) is 12.3 Å². The van der Waals surface area contributed by atoms with Gasteiger partial charge in [0.15, 0.2) is 0 Å². The normalized spacial score (nSPS) is 11.8. The fourth-order valence-electron chi connectivity index (χ4n) is 2.69. The summed E-state index contributed by atoms with van der Waals surface area (Å²) in [5.41, 5.74) is 4.35. The minimum Gasteiger partial charge on any atom is -0.272 e. The second-order valence-corrected chi connectivity index (χ2v) is 7.75. The molecular formula is C17H25N3O2S. The van der Waals surface area contributed by atoms with Crippen LogP contribution in [0.25, 0.3) is 0 Å². The zero-order chi connectivity index (χ0) is 16.9. The molecular weight excluding hydrogens is 310 g/mol. The summed E-state index contributed by atoms with van der Waals surface area (Å²) in [6.45, 7) is 4.38. The number of sulfonamides is 1. The molecule has 0 bridgehead atoms. The molecule has 0 fully saturated rings. The summed E-state index contributed by atoms with van der Waals surface area (Å²) < 4.78 is 28.6. The Morgan fingerprint density at radius 3 is 2.43 bits per heavy atom. The Morgan fingerprint density at radius 1 is 1.13 bits per heavy atom. The lowest BCUT2D eigenvalue weighted by Gasteiger charge is -2.07. The molecule has 0 aliphatic heterocycles. The van der Waals surface area contributed by atoms with E-state index in [9.17, 15) is 8.42 Å². The average Bonchev–Trinajstić information content (AvgIpc) is 2.74. The zero-order valence-electron chi connectivity index (χ0n) is 14.0. The first-order chi connectivity index (χ1) is 10.9. The molecule has 2 aromatic rings. The van der Waals surface area contributed by atoms with E-state index in [0.717, 1.165) is 23.4 Å². The van der Waals surface area contributed by atoms with Crippen LogP contribution in [0.1, 0.15) is 28.9 Å². The zero-order valence-corrected chi connectivity index (χ0v) is 14.9. The molecule has 1 aromatic carbocycles. The van der Waals surface area contributed by atoms with Gasteiger partial charge in [-0.05, 0) is 44.2 Å². The van der Waals surface area contributed by atoms with E-state index in [2.05, 4.69) is 9.82 Å². The Bertz CT molecular complexity index is 737. The summed E-state index contributed by atoms with van der Waals surface area (Å²) in [6, 6.07) is 9.95. The van der Waals surface area contributed by atoms with E-state index in [-0.39, 0.29) is 5.75 Å². The number of hydrogen-bond acceptors (Lipinski definition) is 3. The fourth-order valence-corrected chi connectivity index (χ4v) is 3.78. The second kappa shape index (κ2) is 7.75. The van der Waals surface area contributed by atoms with Crippen molar-refractivity contribution in [3.63, 3.8) is 0 Å². The summed E-state index contributed by atoms with van der Waals surface area (Å²) in [7, 11) is -1.32.